The van der Waals surface area contributed by atoms with Gasteiger partial charge >= 0.3 is 5.97 Å². The molecule has 0 aliphatic carbocycles. The van der Waals surface area contributed by atoms with Crippen molar-refractivity contribution in [3.8, 4) is 0 Å². The third kappa shape index (κ3) is 4.59. The van der Waals surface area contributed by atoms with Gasteiger partial charge in [0.2, 0.25) is 0 Å². The average Bonchev–Trinajstić information content (AvgIpc) is 2.44. The molecule has 0 atom stereocenters. The molecule has 1 amide bonds. The van der Waals surface area contributed by atoms with Crippen LogP contribution < -0.4 is 0 Å². The number of nitrogens with zero attached hydrogens (tertiary/aromatic N) is 1. The van der Waals surface area contributed by atoms with E-state index in [1.807, 2.05) is 25.3 Å². The number of hydrogen-bond donors (Lipinski definition) is 0. The van der Waals surface area contributed by atoms with Crippen LogP contribution in [0.15, 0.2) is 29.2 Å². The lowest BCUT2D eigenvalue weighted by molar-refractivity contribution is -0.143. The van der Waals surface area contributed by atoms with Gasteiger partial charge in [-0.15, -0.1) is 11.8 Å². The smallest absolute Gasteiger partial charge is 0.325 e. The first-order valence-corrected chi connectivity index (χ1v) is 7.43. The number of carbonyl (C=O) groups is 2. The van der Waals surface area contributed by atoms with Crippen molar-refractivity contribution >= 4 is 23.6 Å². The molecule has 104 valence electrons. The summed E-state index contributed by atoms with van der Waals surface area (Å²) in [4.78, 5) is 26.2. The van der Waals surface area contributed by atoms with Crippen LogP contribution in [-0.2, 0) is 9.53 Å². The van der Waals surface area contributed by atoms with Crippen LogP contribution in [0.25, 0.3) is 0 Å². The lowest BCUT2D eigenvalue weighted by Crippen LogP contribution is -2.36. The van der Waals surface area contributed by atoms with E-state index >= 15 is 0 Å². The van der Waals surface area contributed by atoms with Crippen molar-refractivity contribution in [3.63, 3.8) is 0 Å². The van der Waals surface area contributed by atoms with Crippen molar-refractivity contribution in [2.75, 3.05) is 26.0 Å². The lowest BCUT2D eigenvalue weighted by Gasteiger charge is -2.19. The van der Waals surface area contributed by atoms with Crippen molar-refractivity contribution < 1.29 is 14.3 Å². The van der Waals surface area contributed by atoms with Crippen LogP contribution >= 0.6 is 11.8 Å². The Morgan fingerprint density at radius 3 is 2.32 bits per heavy atom. The predicted octanol–water partition coefficient (Wildman–Crippen LogP) is 2.43. The van der Waals surface area contributed by atoms with Gasteiger partial charge < -0.3 is 9.64 Å². The molecule has 0 aliphatic heterocycles. The summed E-state index contributed by atoms with van der Waals surface area (Å²) in [6.07, 6.45) is 1.98. The second kappa shape index (κ2) is 7.84. The molecule has 0 radical (unpaired) electrons. The highest BCUT2D eigenvalue weighted by molar-refractivity contribution is 7.98. The molecule has 0 heterocycles. The maximum absolute atomic E-state index is 12.2. The number of rotatable bonds is 6. The fourth-order valence-corrected chi connectivity index (χ4v) is 2.01. The Bertz CT molecular complexity index is 431. The molecular formula is C14H19NO3S. The summed E-state index contributed by atoms with van der Waals surface area (Å²) in [6, 6.07) is 7.36. The highest BCUT2D eigenvalue weighted by Gasteiger charge is 2.17. The normalized spacial score (nSPS) is 10.1. The molecule has 1 aromatic rings. The largest absolute Gasteiger partial charge is 0.465 e. The summed E-state index contributed by atoms with van der Waals surface area (Å²) in [6.45, 7) is 4.38. The maximum atomic E-state index is 12.2. The molecule has 0 bridgehead atoms. The van der Waals surface area contributed by atoms with Crippen LogP contribution in [0.4, 0.5) is 0 Å². The van der Waals surface area contributed by atoms with Crippen molar-refractivity contribution in [2.24, 2.45) is 0 Å². The highest BCUT2D eigenvalue weighted by atomic mass is 32.2. The zero-order valence-corrected chi connectivity index (χ0v) is 12.3. The molecule has 0 aromatic heterocycles. The second-order valence-corrected chi connectivity index (χ2v) is 4.73. The van der Waals surface area contributed by atoms with Gasteiger partial charge in [-0.05, 0) is 44.4 Å². The quantitative estimate of drug-likeness (QED) is 0.593. The van der Waals surface area contributed by atoms with Gasteiger partial charge in [-0.3, -0.25) is 9.59 Å². The predicted molar refractivity (Wildman–Crippen MR) is 76.4 cm³/mol. The standard InChI is InChI=1S/C14H19NO3S/c1-4-15(10-13(16)18-5-2)14(17)11-6-8-12(19-3)9-7-11/h6-9H,4-5,10H2,1-3H3. The molecule has 1 rings (SSSR count). The molecular weight excluding hydrogens is 262 g/mol. The lowest BCUT2D eigenvalue weighted by atomic mass is 10.2. The first-order chi connectivity index (χ1) is 9.12. The summed E-state index contributed by atoms with van der Waals surface area (Å²) in [5.74, 6) is -0.526. The van der Waals surface area contributed by atoms with Crippen LogP contribution in [0.3, 0.4) is 0 Å². The first-order valence-electron chi connectivity index (χ1n) is 6.21. The third-order valence-corrected chi connectivity index (χ3v) is 3.37. The zero-order chi connectivity index (χ0) is 14.3. The Kier molecular flexibility index (Phi) is 6.42. The Morgan fingerprint density at radius 2 is 1.84 bits per heavy atom. The summed E-state index contributed by atoms with van der Waals surface area (Å²) in [5, 5.41) is 0. The van der Waals surface area contributed by atoms with Crippen molar-refractivity contribution in [3.05, 3.63) is 29.8 Å². The van der Waals surface area contributed by atoms with E-state index in [2.05, 4.69) is 0 Å². The van der Waals surface area contributed by atoms with Gasteiger partial charge in [-0.1, -0.05) is 0 Å². The molecule has 0 saturated heterocycles. The first kappa shape index (κ1) is 15.6. The van der Waals surface area contributed by atoms with Gasteiger partial charge in [0.25, 0.3) is 5.91 Å². The molecule has 5 heteroatoms. The van der Waals surface area contributed by atoms with E-state index in [4.69, 9.17) is 4.74 Å². The number of thioether (sulfide) groups is 1. The Labute approximate surface area is 118 Å². The summed E-state index contributed by atoms with van der Waals surface area (Å²) >= 11 is 1.62. The molecule has 0 spiro atoms. The van der Waals surface area contributed by atoms with Gasteiger partial charge in [0.05, 0.1) is 6.61 Å². The van der Waals surface area contributed by atoms with Crippen molar-refractivity contribution in [2.45, 2.75) is 18.7 Å². The van der Waals surface area contributed by atoms with Gasteiger partial charge in [0, 0.05) is 17.0 Å². The van der Waals surface area contributed by atoms with Gasteiger partial charge in [0.1, 0.15) is 6.54 Å². The number of amides is 1. The number of hydrogen-bond acceptors (Lipinski definition) is 4. The van der Waals surface area contributed by atoms with E-state index < -0.39 is 0 Å². The number of ether oxygens (including phenoxy) is 1. The van der Waals surface area contributed by atoms with Crippen LogP contribution in [-0.4, -0.2) is 42.7 Å². The zero-order valence-electron chi connectivity index (χ0n) is 11.5. The van der Waals surface area contributed by atoms with Crippen LogP contribution in [0.1, 0.15) is 24.2 Å². The van der Waals surface area contributed by atoms with E-state index in [0.29, 0.717) is 18.7 Å². The molecule has 0 fully saturated rings. The van der Waals surface area contributed by atoms with E-state index in [0.717, 1.165) is 4.90 Å². The minimum Gasteiger partial charge on any atom is -0.465 e. The Hall–Kier alpha value is -1.49. The number of benzene rings is 1. The minimum absolute atomic E-state index is 0.00650. The molecule has 4 nitrogen and oxygen atoms in total. The summed E-state index contributed by atoms with van der Waals surface area (Å²) in [5.41, 5.74) is 0.587. The summed E-state index contributed by atoms with van der Waals surface area (Å²) in [7, 11) is 0. The van der Waals surface area contributed by atoms with Gasteiger partial charge in [0.15, 0.2) is 0 Å². The van der Waals surface area contributed by atoms with Crippen LogP contribution in [0, 0.1) is 0 Å². The third-order valence-electron chi connectivity index (χ3n) is 2.63. The number of likely N-dealkylation sites (N-methyl/N-ethyl adjacent to an activating group) is 1. The minimum atomic E-state index is -0.376. The van der Waals surface area contributed by atoms with Gasteiger partial charge in [-0.25, -0.2) is 0 Å². The average molecular weight is 281 g/mol. The fraction of sp³-hybridized carbons (Fsp3) is 0.429. The van der Waals surface area contributed by atoms with E-state index in [1.54, 1.807) is 30.8 Å². The topological polar surface area (TPSA) is 46.6 Å². The molecule has 0 unspecified atom stereocenters. The number of esters is 1. The van der Waals surface area contributed by atoms with Crippen LogP contribution in [0.5, 0.6) is 0 Å². The molecule has 0 aliphatic rings. The molecule has 0 N–H and O–H groups in total. The summed E-state index contributed by atoms with van der Waals surface area (Å²) < 4.78 is 4.86. The van der Waals surface area contributed by atoms with E-state index in [-0.39, 0.29) is 18.4 Å². The Balaban J connectivity index is 2.74. The van der Waals surface area contributed by atoms with Crippen molar-refractivity contribution in [1.29, 1.82) is 0 Å². The van der Waals surface area contributed by atoms with Crippen molar-refractivity contribution in [1.82, 2.24) is 4.90 Å². The molecule has 0 saturated carbocycles. The highest BCUT2D eigenvalue weighted by Crippen LogP contribution is 2.15. The monoisotopic (exact) mass is 281 g/mol. The van der Waals surface area contributed by atoms with Gasteiger partial charge in [-0.2, -0.15) is 0 Å². The number of carbonyl (C=O) groups excluding carboxylic acids is 2. The fourth-order valence-electron chi connectivity index (χ4n) is 1.61. The molecule has 1 aromatic carbocycles. The second-order valence-electron chi connectivity index (χ2n) is 3.85. The molecule has 19 heavy (non-hydrogen) atoms. The SMILES string of the molecule is CCOC(=O)CN(CC)C(=O)c1ccc(SC)cc1. The van der Waals surface area contributed by atoms with E-state index in [9.17, 15) is 9.59 Å². The maximum Gasteiger partial charge on any atom is 0.325 e. The van der Waals surface area contributed by atoms with E-state index in [1.165, 1.54) is 4.90 Å². The Morgan fingerprint density at radius 1 is 1.21 bits per heavy atom. The van der Waals surface area contributed by atoms with Crippen LogP contribution in [0.2, 0.25) is 0 Å².